The first-order chi connectivity index (χ1) is 16.6. The molecule has 1 saturated heterocycles. The highest BCUT2D eigenvalue weighted by Crippen LogP contribution is 2.49. The third-order valence-corrected chi connectivity index (χ3v) is 7.86. The molecule has 19 heteroatoms. The van der Waals surface area contributed by atoms with Crippen molar-refractivity contribution in [2.45, 2.75) is 24.9 Å². The summed E-state index contributed by atoms with van der Waals surface area (Å²) in [6, 6.07) is 0. The van der Waals surface area contributed by atoms with Gasteiger partial charge in [0.2, 0.25) is 5.95 Å². The van der Waals surface area contributed by atoms with E-state index in [-0.39, 0.29) is 23.5 Å². The van der Waals surface area contributed by atoms with Crippen LogP contribution in [0.1, 0.15) is 12.6 Å². The van der Waals surface area contributed by atoms with Crippen LogP contribution < -0.4 is 11.3 Å². The number of nitrogens with zero attached hydrogens (tertiary/aromatic N) is 7. The van der Waals surface area contributed by atoms with Crippen LogP contribution in [0, 0.1) is 0 Å². The van der Waals surface area contributed by atoms with Gasteiger partial charge in [0.15, 0.2) is 11.2 Å². The Balaban J connectivity index is 1.43. The molecule has 4 aromatic rings. The number of nitrogen functional groups attached to an aromatic ring is 1. The molecule has 5 heterocycles. The molecule has 1 aliphatic heterocycles. The fraction of sp³-hybridized carbons (Fsp3) is 0.312. The van der Waals surface area contributed by atoms with Crippen LogP contribution in [0.5, 0.6) is 0 Å². The van der Waals surface area contributed by atoms with Gasteiger partial charge in [-0.25, -0.2) is 32.8 Å². The zero-order valence-corrected chi connectivity index (χ0v) is 19.4. The lowest BCUT2D eigenvalue weighted by Gasteiger charge is -2.22. The summed E-state index contributed by atoms with van der Waals surface area (Å²) < 4.78 is 45.2. The molecule has 5 atom stereocenters. The lowest BCUT2D eigenvalue weighted by molar-refractivity contribution is -0.0374. The van der Waals surface area contributed by atoms with Crippen molar-refractivity contribution >= 4 is 32.6 Å². The van der Waals surface area contributed by atoms with Gasteiger partial charge in [0.25, 0.3) is 5.56 Å². The quantitative estimate of drug-likeness (QED) is 0.223. The highest BCUT2D eigenvalue weighted by Gasteiger charge is 2.43. The van der Waals surface area contributed by atoms with Gasteiger partial charge in [-0.3, -0.25) is 23.4 Å². The van der Waals surface area contributed by atoms with E-state index in [1.165, 1.54) is 35.7 Å². The minimum atomic E-state index is -4.41. The average molecular weight is 527 g/mol. The molecule has 0 spiro atoms. The summed E-state index contributed by atoms with van der Waals surface area (Å²) in [6.45, 7) is -0.486. The van der Waals surface area contributed by atoms with Gasteiger partial charge in [-0.15, -0.1) is 0 Å². The van der Waals surface area contributed by atoms with Crippen LogP contribution in [0.4, 0.5) is 5.95 Å². The Kier molecular flexibility index (Phi) is 5.93. The third kappa shape index (κ3) is 4.58. The number of H-pyrrole nitrogens is 1. The predicted molar refractivity (Wildman–Crippen MR) is 117 cm³/mol. The van der Waals surface area contributed by atoms with Gasteiger partial charge in [0, 0.05) is 31.2 Å². The lowest BCUT2D eigenvalue weighted by atomic mass is 10.2. The number of nitrogens with one attached hydrogen (secondary N) is 1. The number of rotatable bonds is 8. The maximum atomic E-state index is 12.8. The first-order valence-electron chi connectivity index (χ1n) is 9.98. The van der Waals surface area contributed by atoms with Crippen molar-refractivity contribution in [1.82, 2.24) is 38.2 Å². The van der Waals surface area contributed by atoms with Crippen LogP contribution in [0.15, 0.2) is 48.6 Å². The number of fused-ring (bicyclic) bond motifs is 1. The molecule has 0 aromatic carbocycles. The van der Waals surface area contributed by atoms with E-state index >= 15 is 0 Å². The number of ether oxygens (including phenoxy) is 1. The number of hydrogen-bond acceptors (Lipinski definition) is 11. The largest absolute Gasteiger partial charge is 0.437 e. The number of aromatic amines is 1. The van der Waals surface area contributed by atoms with E-state index < -0.39 is 46.1 Å². The van der Waals surface area contributed by atoms with Gasteiger partial charge in [-0.2, -0.15) is 4.98 Å². The van der Waals surface area contributed by atoms with Gasteiger partial charge in [-0.05, 0) is 0 Å². The van der Waals surface area contributed by atoms with Crippen molar-refractivity contribution < 1.29 is 32.7 Å². The number of nitrogens with two attached hydrogens (primary N) is 1. The standard InChI is InChI=1S/C16H19N9O8P2/c17-16-21-14-13(15(26)22-16)20-9-25(14)12-5-10(33-35(29,30)24-4-2-19-8-24)11(32-12)6-31-34(27,28)23-3-1-18-7-23/h1-4,7-12H,5-6H2,(H,27,28)(H,29,30)(H3,17,21,22,26). The van der Waals surface area contributed by atoms with Crippen molar-refractivity contribution in [3.05, 3.63) is 54.1 Å². The van der Waals surface area contributed by atoms with Crippen molar-refractivity contribution in [2.75, 3.05) is 12.3 Å². The molecule has 0 amide bonds. The van der Waals surface area contributed by atoms with Gasteiger partial charge < -0.3 is 20.3 Å². The van der Waals surface area contributed by atoms with Crippen molar-refractivity contribution in [2.24, 2.45) is 0 Å². The maximum Gasteiger partial charge on any atom is 0.437 e. The lowest BCUT2D eigenvalue weighted by Crippen LogP contribution is -2.29. The van der Waals surface area contributed by atoms with Crippen LogP contribution >= 0.6 is 15.5 Å². The Morgan fingerprint density at radius 1 is 1.14 bits per heavy atom. The second-order valence-corrected chi connectivity index (χ2v) is 10.8. The van der Waals surface area contributed by atoms with Gasteiger partial charge in [0.05, 0.1) is 12.9 Å². The smallest absolute Gasteiger partial charge is 0.369 e. The molecule has 0 radical (unpaired) electrons. The van der Waals surface area contributed by atoms with Gasteiger partial charge >= 0.3 is 15.5 Å². The Morgan fingerprint density at radius 3 is 2.49 bits per heavy atom. The summed E-state index contributed by atoms with van der Waals surface area (Å²) in [6.07, 6.45) is 5.56. The zero-order valence-electron chi connectivity index (χ0n) is 17.6. The number of aromatic nitrogens is 8. The summed E-state index contributed by atoms with van der Waals surface area (Å²) in [4.78, 5) is 50.7. The maximum absolute atomic E-state index is 12.8. The Labute approximate surface area is 195 Å². The van der Waals surface area contributed by atoms with E-state index in [2.05, 4.69) is 24.9 Å². The van der Waals surface area contributed by atoms with Gasteiger partial charge in [0.1, 0.15) is 31.1 Å². The topological polar surface area (TPSA) is 228 Å². The van der Waals surface area contributed by atoms with E-state index in [9.17, 15) is 23.7 Å². The first-order valence-corrected chi connectivity index (χ1v) is 13.0. The average Bonchev–Trinajstić information content (AvgIpc) is 3.59. The van der Waals surface area contributed by atoms with E-state index in [0.717, 1.165) is 21.3 Å². The Morgan fingerprint density at radius 2 is 1.83 bits per heavy atom. The molecule has 0 saturated carbocycles. The van der Waals surface area contributed by atoms with Gasteiger partial charge in [-0.1, -0.05) is 0 Å². The molecule has 1 aliphatic rings. The second kappa shape index (κ2) is 8.80. The Hall–Kier alpha value is -3.17. The molecule has 186 valence electrons. The number of hydrogen-bond donors (Lipinski definition) is 4. The molecule has 5 rings (SSSR count). The predicted octanol–water partition coefficient (Wildman–Crippen LogP) is 0.0815. The van der Waals surface area contributed by atoms with Crippen LogP contribution in [0.2, 0.25) is 0 Å². The molecule has 17 nitrogen and oxygen atoms in total. The van der Waals surface area contributed by atoms with E-state index in [1.807, 2.05) is 0 Å². The van der Waals surface area contributed by atoms with Crippen LogP contribution in [-0.4, -0.2) is 66.8 Å². The Bertz CT molecular complexity index is 1480. The minimum absolute atomic E-state index is 0.00572. The fourth-order valence-corrected chi connectivity index (χ4v) is 5.55. The molecule has 5 N–H and O–H groups in total. The molecule has 4 aromatic heterocycles. The first kappa shape index (κ1) is 23.6. The second-order valence-electron chi connectivity index (χ2n) is 7.45. The van der Waals surface area contributed by atoms with Crippen LogP contribution in [0.3, 0.4) is 0 Å². The van der Waals surface area contributed by atoms with E-state index in [4.69, 9.17) is 19.5 Å². The number of anilines is 1. The number of imidazole rings is 3. The highest BCUT2D eigenvalue weighted by atomic mass is 31.2. The third-order valence-electron chi connectivity index (χ3n) is 5.19. The summed E-state index contributed by atoms with van der Waals surface area (Å²) in [5, 5.41) is 0. The molecular weight excluding hydrogens is 508 g/mol. The fourth-order valence-electron chi connectivity index (χ4n) is 3.56. The molecule has 0 bridgehead atoms. The summed E-state index contributed by atoms with van der Waals surface area (Å²) in [5.74, 6) is -0.142. The molecule has 35 heavy (non-hydrogen) atoms. The van der Waals surface area contributed by atoms with E-state index in [1.54, 1.807) is 0 Å². The summed E-state index contributed by atoms with van der Waals surface area (Å²) in [7, 11) is -8.74. The zero-order chi connectivity index (χ0) is 24.8. The normalized spacial score (nSPS) is 23.9. The molecular formula is C16H19N9O8P2. The van der Waals surface area contributed by atoms with Crippen LogP contribution in [0.25, 0.3) is 11.2 Å². The monoisotopic (exact) mass is 527 g/mol. The summed E-state index contributed by atoms with van der Waals surface area (Å²) >= 11 is 0. The SMILES string of the molecule is Nc1nc2c(ncn2C2CC(OP(=O)(O)n3ccnc3)C(COP(=O)(O)n3ccnc3)O2)c(=O)[nH]1. The summed E-state index contributed by atoms with van der Waals surface area (Å²) in [5.41, 5.74) is 5.21. The highest BCUT2D eigenvalue weighted by molar-refractivity contribution is 7.51. The molecule has 0 aliphatic carbocycles. The van der Waals surface area contributed by atoms with Crippen LogP contribution in [-0.2, 0) is 22.9 Å². The molecule has 5 unspecified atom stereocenters. The van der Waals surface area contributed by atoms with Crippen molar-refractivity contribution in [1.29, 1.82) is 0 Å². The van der Waals surface area contributed by atoms with Crippen molar-refractivity contribution in [3.63, 3.8) is 0 Å². The molecule has 1 fully saturated rings. The van der Waals surface area contributed by atoms with E-state index in [0.29, 0.717) is 0 Å². The minimum Gasteiger partial charge on any atom is -0.369 e. The van der Waals surface area contributed by atoms with Crippen molar-refractivity contribution in [3.8, 4) is 0 Å².